The molecule has 0 aliphatic heterocycles. The highest BCUT2D eigenvalue weighted by atomic mass is 32.2. The van der Waals surface area contributed by atoms with E-state index in [1.807, 2.05) is 5.32 Å². The molecular weight excluding hydrogens is 245 g/mol. The molecule has 0 fully saturated rings. The van der Waals surface area contributed by atoms with Gasteiger partial charge in [0.15, 0.2) is 0 Å². The van der Waals surface area contributed by atoms with Gasteiger partial charge in [-0.2, -0.15) is 0 Å². The van der Waals surface area contributed by atoms with E-state index in [2.05, 4.69) is 0 Å². The molecule has 0 aliphatic rings. The summed E-state index contributed by atoms with van der Waals surface area (Å²) in [6, 6.07) is 6.50. The average molecular weight is 257 g/mol. The van der Waals surface area contributed by atoms with Crippen molar-refractivity contribution in [3.8, 4) is 5.75 Å². The first-order valence-corrected chi connectivity index (χ1v) is 5.79. The second-order valence-corrected chi connectivity index (χ2v) is 4.17. The second kappa shape index (κ2) is 6.80. The Hall–Kier alpha value is -1.69. The maximum absolute atomic E-state index is 13.2. The topological polar surface area (TPSA) is 69.6 Å². The standard InChI is InChI=1S/C11H12FNO3S/c12-8(4-5-13-11(15)16)7-17-10-3-1-2-9(14)6-10/h1-4,6,13-14H,5,7H2,(H,15,16)/b8-4-. The Morgan fingerprint density at radius 2 is 2.29 bits per heavy atom. The number of thioether (sulfide) groups is 1. The summed E-state index contributed by atoms with van der Waals surface area (Å²) in [6.45, 7) is -0.0538. The number of hydrogen-bond acceptors (Lipinski definition) is 3. The molecule has 92 valence electrons. The van der Waals surface area contributed by atoms with E-state index in [-0.39, 0.29) is 18.0 Å². The van der Waals surface area contributed by atoms with Gasteiger partial charge in [0.25, 0.3) is 0 Å². The lowest BCUT2D eigenvalue weighted by Gasteiger charge is -2.01. The van der Waals surface area contributed by atoms with Gasteiger partial charge in [-0.05, 0) is 24.3 Å². The Labute approximate surface area is 102 Å². The number of hydrogen-bond donors (Lipinski definition) is 3. The molecule has 0 bridgehead atoms. The zero-order valence-electron chi connectivity index (χ0n) is 8.89. The predicted molar refractivity (Wildman–Crippen MR) is 64.0 cm³/mol. The molecule has 0 unspecified atom stereocenters. The molecular formula is C11H12FNO3S. The van der Waals surface area contributed by atoms with Crippen molar-refractivity contribution >= 4 is 17.9 Å². The van der Waals surface area contributed by atoms with Gasteiger partial charge in [-0.15, -0.1) is 11.8 Å². The van der Waals surface area contributed by atoms with Crippen molar-refractivity contribution in [3.63, 3.8) is 0 Å². The molecule has 0 saturated heterocycles. The van der Waals surface area contributed by atoms with Crippen molar-refractivity contribution in [3.05, 3.63) is 36.2 Å². The fourth-order valence-corrected chi connectivity index (χ4v) is 1.83. The minimum atomic E-state index is -1.19. The van der Waals surface area contributed by atoms with Crippen LogP contribution in [0.3, 0.4) is 0 Å². The molecule has 0 atom stereocenters. The Bertz CT molecular complexity index is 423. The summed E-state index contributed by atoms with van der Waals surface area (Å²) in [5, 5.41) is 19.5. The molecule has 0 saturated carbocycles. The van der Waals surface area contributed by atoms with Crippen LogP contribution in [0.2, 0.25) is 0 Å². The van der Waals surface area contributed by atoms with Crippen LogP contribution < -0.4 is 5.32 Å². The van der Waals surface area contributed by atoms with E-state index in [9.17, 15) is 14.3 Å². The van der Waals surface area contributed by atoms with E-state index in [0.29, 0.717) is 0 Å². The van der Waals surface area contributed by atoms with E-state index in [1.165, 1.54) is 30.0 Å². The molecule has 0 aliphatic carbocycles. The summed E-state index contributed by atoms with van der Waals surface area (Å²) in [6.07, 6.45) is -0.0149. The van der Waals surface area contributed by atoms with Gasteiger partial charge in [-0.3, -0.25) is 0 Å². The van der Waals surface area contributed by atoms with Gasteiger partial charge in [-0.1, -0.05) is 6.07 Å². The van der Waals surface area contributed by atoms with Crippen LogP contribution in [-0.4, -0.2) is 28.6 Å². The normalized spacial score (nSPS) is 11.2. The molecule has 1 aromatic rings. The highest BCUT2D eigenvalue weighted by Gasteiger charge is 1.99. The van der Waals surface area contributed by atoms with E-state index < -0.39 is 11.9 Å². The van der Waals surface area contributed by atoms with Crippen molar-refractivity contribution in [1.82, 2.24) is 5.32 Å². The second-order valence-electron chi connectivity index (χ2n) is 3.12. The summed E-state index contributed by atoms with van der Waals surface area (Å²) < 4.78 is 13.2. The van der Waals surface area contributed by atoms with Gasteiger partial charge in [0, 0.05) is 17.2 Å². The van der Waals surface area contributed by atoms with Crippen LogP contribution in [-0.2, 0) is 0 Å². The monoisotopic (exact) mass is 257 g/mol. The van der Waals surface area contributed by atoms with Crippen molar-refractivity contribution in [2.45, 2.75) is 4.90 Å². The molecule has 1 rings (SSSR count). The zero-order valence-corrected chi connectivity index (χ0v) is 9.71. The van der Waals surface area contributed by atoms with Gasteiger partial charge in [0.2, 0.25) is 0 Å². The third-order valence-electron chi connectivity index (χ3n) is 1.77. The Morgan fingerprint density at radius 3 is 2.94 bits per heavy atom. The SMILES string of the molecule is O=C(O)NC/C=C(\F)CSc1cccc(O)c1. The highest BCUT2D eigenvalue weighted by molar-refractivity contribution is 7.99. The summed E-state index contributed by atoms with van der Waals surface area (Å²) in [5.74, 6) is -0.177. The van der Waals surface area contributed by atoms with Crippen LogP contribution in [0.25, 0.3) is 0 Å². The number of benzene rings is 1. The molecule has 0 aromatic heterocycles. The number of nitrogens with one attached hydrogen (secondary N) is 1. The summed E-state index contributed by atoms with van der Waals surface area (Å²) >= 11 is 1.22. The van der Waals surface area contributed by atoms with Crippen molar-refractivity contribution in [1.29, 1.82) is 0 Å². The van der Waals surface area contributed by atoms with Crippen LogP contribution in [0.15, 0.2) is 41.1 Å². The van der Waals surface area contributed by atoms with E-state index in [0.717, 1.165) is 4.90 Å². The fourth-order valence-electron chi connectivity index (χ4n) is 1.03. The molecule has 0 radical (unpaired) electrons. The zero-order chi connectivity index (χ0) is 12.7. The largest absolute Gasteiger partial charge is 0.508 e. The average Bonchev–Trinajstić information content (AvgIpc) is 2.26. The third kappa shape index (κ3) is 5.82. The van der Waals surface area contributed by atoms with Gasteiger partial charge >= 0.3 is 6.09 Å². The minimum Gasteiger partial charge on any atom is -0.508 e. The molecule has 3 N–H and O–H groups in total. The van der Waals surface area contributed by atoms with Crippen LogP contribution in [0.4, 0.5) is 9.18 Å². The molecule has 1 amide bonds. The van der Waals surface area contributed by atoms with Crippen molar-refractivity contribution in [2.75, 3.05) is 12.3 Å². The quantitative estimate of drug-likeness (QED) is 0.709. The first-order valence-electron chi connectivity index (χ1n) is 4.81. The molecule has 0 spiro atoms. The number of halogens is 1. The Morgan fingerprint density at radius 1 is 1.53 bits per heavy atom. The first kappa shape index (κ1) is 13.4. The van der Waals surface area contributed by atoms with E-state index >= 15 is 0 Å². The van der Waals surface area contributed by atoms with Crippen LogP contribution in [0.1, 0.15) is 0 Å². The van der Waals surface area contributed by atoms with Gasteiger partial charge < -0.3 is 15.5 Å². The lowest BCUT2D eigenvalue weighted by atomic mass is 10.3. The number of aromatic hydroxyl groups is 1. The van der Waals surface area contributed by atoms with Gasteiger partial charge in [0.05, 0.1) is 0 Å². The van der Waals surface area contributed by atoms with Crippen LogP contribution in [0.5, 0.6) is 5.75 Å². The number of phenolic OH excluding ortho intramolecular Hbond substituents is 1. The first-order chi connectivity index (χ1) is 8.08. The van der Waals surface area contributed by atoms with Crippen molar-refractivity contribution < 1.29 is 19.4 Å². The summed E-state index contributed by atoms with van der Waals surface area (Å²) in [4.78, 5) is 10.9. The number of carboxylic acid groups (broad SMARTS) is 1. The van der Waals surface area contributed by atoms with Crippen LogP contribution >= 0.6 is 11.8 Å². The smallest absolute Gasteiger partial charge is 0.404 e. The lowest BCUT2D eigenvalue weighted by molar-refractivity contribution is 0.195. The third-order valence-corrected chi connectivity index (χ3v) is 2.78. The van der Waals surface area contributed by atoms with E-state index in [4.69, 9.17) is 5.11 Å². The lowest BCUT2D eigenvalue weighted by Crippen LogP contribution is -2.20. The van der Waals surface area contributed by atoms with Crippen molar-refractivity contribution in [2.24, 2.45) is 0 Å². The minimum absolute atomic E-state index is 0.0538. The molecule has 0 heterocycles. The Balaban J connectivity index is 2.37. The maximum atomic E-state index is 13.2. The number of carbonyl (C=O) groups is 1. The van der Waals surface area contributed by atoms with Gasteiger partial charge in [-0.25, -0.2) is 9.18 Å². The maximum Gasteiger partial charge on any atom is 0.404 e. The molecule has 4 nitrogen and oxygen atoms in total. The van der Waals surface area contributed by atoms with E-state index in [1.54, 1.807) is 12.1 Å². The molecule has 1 aromatic carbocycles. The number of amides is 1. The number of phenols is 1. The molecule has 17 heavy (non-hydrogen) atoms. The predicted octanol–water partition coefficient (Wildman–Crippen LogP) is 2.61. The highest BCUT2D eigenvalue weighted by Crippen LogP contribution is 2.24. The number of rotatable bonds is 5. The van der Waals surface area contributed by atoms with Gasteiger partial charge in [0.1, 0.15) is 11.6 Å². The fraction of sp³-hybridized carbons (Fsp3) is 0.182. The Kier molecular flexibility index (Phi) is 5.35. The van der Waals surface area contributed by atoms with Crippen LogP contribution in [0, 0.1) is 0 Å². The molecule has 6 heteroatoms. The summed E-state index contributed by atoms with van der Waals surface area (Å²) in [7, 11) is 0. The summed E-state index contributed by atoms with van der Waals surface area (Å²) in [5.41, 5.74) is 0.